The van der Waals surface area contributed by atoms with E-state index in [2.05, 4.69) is 10.4 Å². The number of nitrogens with two attached hydrogens (primary N) is 1. The summed E-state index contributed by atoms with van der Waals surface area (Å²) in [6.45, 7) is 2.01. The summed E-state index contributed by atoms with van der Waals surface area (Å²) >= 11 is 0. The number of hydrogen-bond donors (Lipinski definition) is 2. The van der Waals surface area contributed by atoms with Crippen LogP contribution in [0.15, 0.2) is 18.2 Å². The van der Waals surface area contributed by atoms with Gasteiger partial charge in [0.2, 0.25) is 0 Å². The van der Waals surface area contributed by atoms with E-state index in [1.165, 1.54) is 6.07 Å². The molecule has 2 aromatic rings. The normalized spacial score (nSPS) is 10.8. The van der Waals surface area contributed by atoms with Gasteiger partial charge in [-0.05, 0) is 12.5 Å². The lowest BCUT2D eigenvalue weighted by Crippen LogP contribution is -2.09. The molecule has 3 N–H and O–H groups in total. The predicted molar refractivity (Wildman–Crippen MR) is 63.5 cm³/mol. The van der Waals surface area contributed by atoms with Crippen molar-refractivity contribution in [1.29, 1.82) is 0 Å². The van der Waals surface area contributed by atoms with Crippen LogP contribution in [-0.4, -0.2) is 4.98 Å². The monoisotopic (exact) mass is 237 g/mol. The first-order valence-electron chi connectivity index (χ1n) is 5.41. The number of pyridine rings is 1. The minimum absolute atomic E-state index is 0.216. The molecular formula is C12H13F2N3. The summed E-state index contributed by atoms with van der Waals surface area (Å²) in [5, 5.41) is 0.216. The highest BCUT2D eigenvalue weighted by molar-refractivity contribution is 5.91. The third-order valence-corrected chi connectivity index (χ3v) is 2.54. The zero-order valence-electron chi connectivity index (χ0n) is 9.43. The fourth-order valence-corrected chi connectivity index (χ4v) is 1.84. The zero-order chi connectivity index (χ0) is 12.4. The molecule has 2 rings (SSSR count). The van der Waals surface area contributed by atoms with Crippen molar-refractivity contribution in [2.45, 2.75) is 19.8 Å². The Hall–Kier alpha value is -1.75. The Bertz CT molecular complexity index is 555. The van der Waals surface area contributed by atoms with Crippen LogP contribution in [0.3, 0.4) is 0 Å². The molecule has 0 atom stereocenters. The van der Waals surface area contributed by atoms with Crippen molar-refractivity contribution in [3.05, 3.63) is 35.5 Å². The van der Waals surface area contributed by atoms with Gasteiger partial charge in [-0.15, -0.1) is 0 Å². The minimum atomic E-state index is -0.663. The fraction of sp³-hybridized carbons (Fsp3) is 0.250. The third kappa shape index (κ3) is 2.19. The van der Waals surface area contributed by atoms with Crippen LogP contribution in [0.25, 0.3) is 10.9 Å². The number of halogens is 2. The molecule has 0 spiro atoms. The largest absolute Gasteiger partial charge is 0.323 e. The number of rotatable bonds is 3. The van der Waals surface area contributed by atoms with Crippen LogP contribution < -0.4 is 11.3 Å². The lowest BCUT2D eigenvalue weighted by atomic mass is 10.1. The van der Waals surface area contributed by atoms with Crippen molar-refractivity contribution in [3.63, 3.8) is 0 Å². The molecule has 1 aromatic heterocycles. The van der Waals surface area contributed by atoms with E-state index >= 15 is 0 Å². The van der Waals surface area contributed by atoms with Gasteiger partial charge < -0.3 is 5.43 Å². The third-order valence-electron chi connectivity index (χ3n) is 2.54. The molecule has 1 heterocycles. The highest BCUT2D eigenvalue weighted by Crippen LogP contribution is 2.26. The van der Waals surface area contributed by atoms with Crippen molar-refractivity contribution in [3.8, 4) is 0 Å². The van der Waals surface area contributed by atoms with Gasteiger partial charge in [-0.1, -0.05) is 13.3 Å². The fourth-order valence-electron chi connectivity index (χ4n) is 1.84. The van der Waals surface area contributed by atoms with Gasteiger partial charge in [-0.3, -0.25) is 10.8 Å². The van der Waals surface area contributed by atoms with Crippen molar-refractivity contribution >= 4 is 16.6 Å². The maximum Gasteiger partial charge on any atom is 0.137 e. The molecule has 0 fully saturated rings. The van der Waals surface area contributed by atoms with E-state index in [4.69, 9.17) is 5.84 Å². The van der Waals surface area contributed by atoms with Crippen molar-refractivity contribution in [2.24, 2.45) is 5.84 Å². The van der Waals surface area contributed by atoms with Gasteiger partial charge in [-0.25, -0.2) is 8.78 Å². The first-order chi connectivity index (χ1) is 8.15. The van der Waals surface area contributed by atoms with Crippen LogP contribution in [0, 0.1) is 11.6 Å². The van der Waals surface area contributed by atoms with E-state index in [9.17, 15) is 8.78 Å². The van der Waals surface area contributed by atoms with Crippen LogP contribution in [0.2, 0.25) is 0 Å². The highest BCUT2D eigenvalue weighted by atomic mass is 19.1. The SMILES string of the molecule is CCCc1cc(NN)c2c(F)cc(F)cc2n1. The van der Waals surface area contributed by atoms with Gasteiger partial charge in [0, 0.05) is 17.8 Å². The molecule has 0 unspecified atom stereocenters. The summed E-state index contributed by atoms with van der Waals surface area (Å²) in [7, 11) is 0. The summed E-state index contributed by atoms with van der Waals surface area (Å²) < 4.78 is 26.8. The Morgan fingerprint density at radius 2 is 2.06 bits per heavy atom. The van der Waals surface area contributed by atoms with Crippen LogP contribution in [0.1, 0.15) is 19.0 Å². The van der Waals surface area contributed by atoms with E-state index < -0.39 is 11.6 Å². The van der Waals surface area contributed by atoms with Crippen LogP contribution in [-0.2, 0) is 6.42 Å². The van der Waals surface area contributed by atoms with Crippen molar-refractivity contribution in [2.75, 3.05) is 5.43 Å². The molecule has 0 aliphatic carbocycles. The van der Waals surface area contributed by atoms with E-state index in [1.54, 1.807) is 6.07 Å². The summed E-state index contributed by atoms with van der Waals surface area (Å²) in [5.74, 6) is 4.05. The van der Waals surface area contributed by atoms with E-state index in [1.807, 2.05) is 6.92 Å². The van der Waals surface area contributed by atoms with Gasteiger partial charge in [0.15, 0.2) is 0 Å². The van der Waals surface area contributed by atoms with Gasteiger partial charge in [-0.2, -0.15) is 0 Å². The first-order valence-corrected chi connectivity index (χ1v) is 5.41. The molecule has 17 heavy (non-hydrogen) atoms. The molecule has 5 heteroatoms. The molecular weight excluding hydrogens is 224 g/mol. The number of aryl methyl sites for hydroxylation is 1. The van der Waals surface area contributed by atoms with E-state index in [-0.39, 0.29) is 10.9 Å². The maximum atomic E-state index is 13.6. The van der Waals surface area contributed by atoms with E-state index in [0.29, 0.717) is 5.69 Å². The molecule has 0 saturated carbocycles. The topological polar surface area (TPSA) is 50.9 Å². The lowest BCUT2D eigenvalue weighted by molar-refractivity contribution is 0.591. The Morgan fingerprint density at radius 1 is 1.29 bits per heavy atom. The number of hydrogen-bond acceptors (Lipinski definition) is 3. The Labute approximate surface area is 97.6 Å². The average Bonchev–Trinajstić information content (AvgIpc) is 2.27. The van der Waals surface area contributed by atoms with Gasteiger partial charge in [0.05, 0.1) is 16.6 Å². The quantitative estimate of drug-likeness (QED) is 0.637. The summed E-state index contributed by atoms with van der Waals surface area (Å²) in [4.78, 5) is 4.22. The van der Waals surface area contributed by atoms with E-state index in [0.717, 1.165) is 24.6 Å². The molecule has 0 radical (unpaired) electrons. The second-order valence-electron chi connectivity index (χ2n) is 3.84. The molecule has 0 aliphatic heterocycles. The average molecular weight is 237 g/mol. The molecule has 0 bridgehead atoms. The number of benzene rings is 1. The minimum Gasteiger partial charge on any atom is -0.323 e. The maximum absolute atomic E-state index is 13.6. The standard InChI is InChI=1S/C12H13F2N3/c1-2-3-8-6-11(17-15)12-9(14)4-7(13)5-10(12)16-8/h4-6H,2-3,15H2,1H3,(H,16,17). The van der Waals surface area contributed by atoms with Crippen LogP contribution >= 0.6 is 0 Å². The Balaban J connectivity index is 2.73. The summed E-state index contributed by atoms with van der Waals surface area (Å²) in [6, 6.07) is 3.72. The molecule has 0 aliphatic rings. The highest BCUT2D eigenvalue weighted by Gasteiger charge is 2.11. The van der Waals surface area contributed by atoms with Crippen LogP contribution in [0.4, 0.5) is 14.5 Å². The molecule has 0 amide bonds. The molecule has 1 aromatic carbocycles. The van der Waals surface area contributed by atoms with Gasteiger partial charge in [0.25, 0.3) is 0 Å². The predicted octanol–water partition coefficient (Wildman–Crippen LogP) is 2.75. The lowest BCUT2D eigenvalue weighted by Gasteiger charge is -2.09. The first kappa shape index (κ1) is 11.7. The summed E-state index contributed by atoms with van der Waals surface area (Å²) in [6.07, 6.45) is 1.64. The second-order valence-corrected chi connectivity index (χ2v) is 3.84. The number of nitrogens with zero attached hydrogens (tertiary/aromatic N) is 1. The summed E-state index contributed by atoms with van der Waals surface area (Å²) in [5.41, 5.74) is 3.89. The number of nitrogen functional groups attached to an aromatic ring is 1. The number of anilines is 1. The Morgan fingerprint density at radius 3 is 2.71 bits per heavy atom. The van der Waals surface area contributed by atoms with Gasteiger partial charge in [0.1, 0.15) is 11.6 Å². The van der Waals surface area contributed by atoms with Crippen molar-refractivity contribution in [1.82, 2.24) is 4.98 Å². The smallest absolute Gasteiger partial charge is 0.137 e. The van der Waals surface area contributed by atoms with Gasteiger partial charge >= 0.3 is 0 Å². The molecule has 0 saturated heterocycles. The second kappa shape index (κ2) is 4.63. The molecule has 3 nitrogen and oxygen atoms in total. The van der Waals surface area contributed by atoms with Crippen molar-refractivity contribution < 1.29 is 8.78 Å². The zero-order valence-corrected chi connectivity index (χ0v) is 9.43. The van der Waals surface area contributed by atoms with Crippen LogP contribution in [0.5, 0.6) is 0 Å². The number of aromatic nitrogens is 1. The Kier molecular flexibility index (Phi) is 3.19. The number of nitrogens with one attached hydrogen (secondary N) is 1. The molecule has 90 valence electrons. The number of hydrazine groups is 1. The number of fused-ring (bicyclic) bond motifs is 1.